The number of rotatable bonds is 8. The molecule has 2 rings (SSSR count). The number of nitrogens with one attached hydrogen (secondary N) is 2. The molecule has 0 unspecified atom stereocenters. The van der Waals surface area contributed by atoms with Crippen LogP contribution in [-0.4, -0.2) is 43.0 Å². The van der Waals surface area contributed by atoms with Crippen molar-refractivity contribution in [2.24, 2.45) is 0 Å². The van der Waals surface area contributed by atoms with E-state index in [1.165, 1.54) is 19.2 Å². The van der Waals surface area contributed by atoms with Crippen molar-refractivity contribution in [1.29, 1.82) is 0 Å². The second-order valence-electron chi connectivity index (χ2n) is 8.31. The van der Waals surface area contributed by atoms with Crippen LogP contribution in [0.5, 0.6) is 5.75 Å². The van der Waals surface area contributed by atoms with Gasteiger partial charge in [-0.05, 0) is 35.6 Å². The molecule has 2 aromatic carbocycles. The summed E-state index contributed by atoms with van der Waals surface area (Å²) in [4.78, 5) is 46.7. The zero-order valence-corrected chi connectivity index (χ0v) is 19.2. The predicted molar refractivity (Wildman–Crippen MR) is 121 cm³/mol. The van der Waals surface area contributed by atoms with Crippen molar-refractivity contribution < 1.29 is 28.8 Å². The zero-order valence-electron chi connectivity index (χ0n) is 19.2. The Kier molecular flexibility index (Phi) is 8.11. The van der Waals surface area contributed by atoms with E-state index < -0.39 is 35.9 Å². The highest BCUT2D eigenvalue weighted by molar-refractivity contribution is 5.97. The first-order valence-corrected chi connectivity index (χ1v) is 10.1. The van der Waals surface area contributed by atoms with Gasteiger partial charge in [0.2, 0.25) is 0 Å². The van der Waals surface area contributed by atoms with Crippen molar-refractivity contribution in [3.63, 3.8) is 0 Å². The van der Waals surface area contributed by atoms with E-state index in [0.29, 0.717) is 11.1 Å². The van der Waals surface area contributed by atoms with E-state index in [1.807, 2.05) is 12.1 Å². The Morgan fingerprint density at radius 1 is 1.09 bits per heavy atom. The summed E-state index contributed by atoms with van der Waals surface area (Å²) < 4.78 is 9.86. The number of nitrogens with zero attached hydrogens (tertiary/aromatic N) is 1. The van der Waals surface area contributed by atoms with Crippen molar-refractivity contribution in [2.45, 2.75) is 33.1 Å². The number of aryl methyl sites for hydroxylation is 1. The van der Waals surface area contributed by atoms with Crippen LogP contribution in [-0.2, 0) is 19.7 Å². The van der Waals surface area contributed by atoms with E-state index in [2.05, 4.69) is 31.4 Å². The molecule has 2 N–H and O–H groups in total. The minimum atomic E-state index is -0.789. The number of hydrogen-bond donors (Lipinski definition) is 2. The van der Waals surface area contributed by atoms with E-state index in [0.717, 1.165) is 5.56 Å². The van der Waals surface area contributed by atoms with E-state index in [1.54, 1.807) is 19.1 Å². The quantitative estimate of drug-likeness (QED) is 0.353. The van der Waals surface area contributed by atoms with Crippen molar-refractivity contribution in [2.75, 3.05) is 25.6 Å². The Bertz CT molecular complexity index is 1060. The molecule has 0 aliphatic rings. The molecule has 33 heavy (non-hydrogen) atoms. The molecule has 0 aliphatic heterocycles. The van der Waals surface area contributed by atoms with E-state index in [9.17, 15) is 24.5 Å². The summed E-state index contributed by atoms with van der Waals surface area (Å²) in [5.74, 6) is -1.89. The first-order chi connectivity index (χ1) is 15.4. The largest absolute Gasteiger partial charge is 0.490 e. The summed E-state index contributed by atoms with van der Waals surface area (Å²) >= 11 is 0. The van der Waals surface area contributed by atoms with Crippen LogP contribution in [0.3, 0.4) is 0 Å². The van der Waals surface area contributed by atoms with Gasteiger partial charge in [-0.2, -0.15) is 0 Å². The lowest BCUT2D eigenvalue weighted by atomic mass is 9.87. The molecule has 2 amide bonds. The fourth-order valence-electron chi connectivity index (χ4n) is 2.87. The van der Waals surface area contributed by atoms with Gasteiger partial charge >= 0.3 is 11.7 Å². The Balaban J connectivity index is 1.85. The van der Waals surface area contributed by atoms with Gasteiger partial charge in [0.25, 0.3) is 11.8 Å². The van der Waals surface area contributed by atoms with Gasteiger partial charge in [0.1, 0.15) is 6.54 Å². The predicted octanol–water partition coefficient (Wildman–Crippen LogP) is 3.12. The Hall–Kier alpha value is -3.95. The molecule has 0 fully saturated rings. The molecule has 0 saturated heterocycles. The molecule has 0 bridgehead atoms. The summed E-state index contributed by atoms with van der Waals surface area (Å²) in [6, 6.07) is 9.65. The maximum absolute atomic E-state index is 12.2. The van der Waals surface area contributed by atoms with Crippen LogP contribution in [0.2, 0.25) is 0 Å². The van der Waals surface area contributed by atoms with Crippen LogP contribution in [0.1, 0.15) is 42.3 Å². The second-order valence-corrected chi connectivity index (χ2v) is 8.31. The van der Waals surface area contributed by atoms with Gasteiger partial charge < -0.3 is 20.1 Å². The van der Waals surface area contributed by atoms with Gasteiger partial charge in [0.05, 0.1) is 12.0 Å². The summed E-state index contributed by atoms with van der Waals surface area (Å²) in [7, 11) is 1.28. The highest BCUT2D eigenvalue weighted by Gasteiger charge is 2.19. The molecule has 176 valence electrons. The number of anilines is 1. The third-order valence-electron chi connectivity index (χ3n) is 4.77. The number of methoxy groups -OCH3 is 1. The number of amides is 2. The summed E-state index contributed by atoms with van der Waals surface area (Å²) in [6.45, 7) is 6.78. The maximum atomic E-state index is 12.2. The van der Waals surface area contributed by atoms with E-state index in [4.69, 9.17) is 9.47 Å². The summed E-state index contributed by atoms with van der Waals surface area (Å²) in [6.07, 6.45) is 0. The third kappa shape index (κ3) is 7.03. The number of ether oxygens (including phenoxy) is 2. The maximum Gasteiger partial charge on any atom is 0.325 e. The van der Waals surface area contributed by atoms with Gasteiger partial charge in [-0.3, -0.25) is 24.5 Å². The molecule has 0 aliphatic carbocycles. The van der Waals surface area contributed by atoms with Crippen LogP contribution in [0.25, 0.3) is 0 Å². The fraction of sp³-hybridized carbons (Fsp3) is 0.348. The fourth-order valence-corrected chi connectivity index (χ4v) is 2.87. The highest BCUT2D eigenvalue weighted by Crippen LogP contribution is 2.32. The zero-order chi connectivity index (χ0) is 24.8. The first-order valence-electron chi connectivity index (χ1n) is 10.1. The van der Waals surface area contributed by atoms with Crippen LogP contribution >= 0.6 is 0 Å². The molecule has 0 aromatic heterocycles. The summed E-state index contributed by atoms with van der Waals surface area (Å²) in [5.41, 5.74) is 1.92. The number of nitro benzene ring substituents is 1. The van der Waals surface area contributed by atoms with Crippen LogP contribution < -0.4 is 15.4 Å². The van der Waals surface area contributed by atoms with E-state index >= 15 is 0 Å². The third-order valence-corrected chi connectivity index (χ3v) is 4.77. The first kappa shape index (κ1) is 25.3. The Labute approximate surface area is 191 Å². The summed E-state index contributed by atoms with van der Waals surface area (Å²) in [5, 5.41) is 16.0. The highest BCUT2D eigenvalue weighted by atomic mass is 16.6. The molecule has 0 radical (unpaired) electrons. The Morgan fingerprint density at radius 3 is 2.27 bits per heavy atom. The average molecular weight is 457 g/mol. The average Bonchev–Trinajstić information content (AvgIpc) is 2.76. The lowest BCUT2D eigenvalue weighted by Gasteiger charge is -2.19. The molecule has 10 nitrogen and oxygen atoms in total. The standard InChI is InChI=1S/C23H27N3O7/c1-14-10-18(26(30)31)19(32-5)11-17(14)25-20(27)13-33-21(28)12-24-22(29)15-6-8-16(9-7-15)23(2,3)4/h6-11H,12-13H2,1-5H3,(H,24,29)(H,25,27). The minimum absolute atomic E-state index is 0.0175. The van der Waals surface area contributed by atoms with Crippen LogP contribution in [0, 0.1) is 17.0 Å². The number of esters is 1. The topological polar surface area (TPSA) is 137 Å². The normalized spacial score (nSPS) is 10.8. The molecular formula is C23H27N3O7. The van der Waals surface area contributed by atoms with Crippen LogP contribution in [0.4, 0.5) is 11.4 Å². The number of hydrogen-bond acceptors (Lipinski definition) is 7. The number of carbonyl (C=O) groups excluding carboxylic acids is 3. The monoisotopic (exact) mass is 457 g/mol. The molecular weight excluding hydrogens is 430 g/mol. The molecule has 0 heterocycles. The van der Waals surface area contributed by atoms with Crippen molar-refractivity contribution in [3.8, 4) is 5.75 Å². The van der Waals surface area contributed by atoms with Gasteiger partial charge in [0, 0.05) is 23.4 Å². The van der Waals surface area contributed by atoms with Crippen molar-refractivity contribution >= 4 is 29.2 Å². The lowest BCUT2D eigenvalue weighted by molar-refractivity contribution is -0.385. The van der Waals surface area contributed by atoms with Gasteiger partial charge in [0.15, 0.2) is 12.4 Å². The number of benzene rings is 2. The Morgan fingerprint density at radius 2 is 1.73 bits per heavy atom. The number of carbonyl (C=O) groups is 3. The smallest absolute Gasteiger partial charge is 0.325 e. The minimum Gasteiger partial charge on any atom is -0.490 e. The number of nitro groups is 1. The molecule has 2 aromatic rings. The molecule has 0 atom stereocenters. The second kappa shape index (κ2) is 10.6. The van der Waals surface area contributed by atoms with E-state index in [-0.39, 0.29) is 22.5 Å². The molecule has 10 heteroatoms. The molecule has 0 spiro atoms. The van der Waals surface area contributed by atoms with Crippen LogP contribution in [0.15, 0.2) is 36.4 Å². The van der Waals surface area contributed by atoms with Gasteiger partial charge in [-0.15, -0.1) is 0 Å². The van der Waals surface area contributed by atoms with Gasteiger partial charge in [-0.25, -0.2) is 0 Å². The van der Waals surface area contributed by atoms with Crippen molar-refractivity contribution in [3.05, 3.63) is 63.2 Å². The lowest BCUT2D eigenvalue weighted by Crippen LogP contribution is -2.32. The van der Waals surface area contributed by atoms with Crippen molar-refractivity contribution in [1.82, 2.24) is 5.32 Å². The SMILES string of the molecule is COc1cc(NC(=O)COC(=O)CNC(=O)c2ccc(C(C)(C)C)cc2)c(C)cc1[N+](=O)[O-]. The van der Waals surface area contributed by atoms with Gasteiger partial charge in [-0.1, -0.05) is 32.9 Å². The molecule has 0 saturated carbocycles.